The molecule has 1 rings (SSSR count). The molecule has 1 saturated carbocycles. The average Bonchev–Trinajstić information content (AvgIpc) is 2.63. The Morgan fingerprint density at radius 3 is 2.06 bits per heavy atom. The quantitative estimate of drug-likeness (QED) is 0.434. The lowest BCUT2D eigenvalue weighted by atomic mass is 9.81. The number of hydrogen-bond acceptors (Lipinski definition) is 5. The van der Waals surface area contributed by atoms with Gasteiger partial charge in [0.2, 0.25) is 11.8 Å². The van der Waals surface area contributed by atoms with Crippen LogP contribution in [0.1, 0.15) is 73.6 Å². The van der Waals surface area contributed by atoms with E-state index in [9.17, 15) is 19.2 Å². The van der Waals surface area contributed by atoms with E-state index in [0.29, 0.717) is 25.8 Å². The summed E-state index contributed by atoms with van der Waals surface area (Å²) in [6.07, 6.45) is 2.74. The predicted molar refractivity (Wildman–Crippen MR) is 116 cm³/mol. The van der Waals surface area contributed by atoms with Crippen LogP contribution in [-0.4, -0.2) is 53.2 Å². The molecule has 3 amide bonds. The maximum atomic E-state index is 12.7. The highest BCUT2D eigenvalue weighted by atomic mass is 16.6. The molecule has 0 aliphatic heterocycles. The van der Waals surface area contributed by atoms with Gasteiger partial charge in [0.15, 0.2) is 0 Å². The van der Waals surface area contributed by atoms with Crippen LogP contribution in [-0.2, 0) is 19.1 Å². The lowest BCUT2D eigenvalue weighted by molar-refractivity contribution is -0.142. The molecule has 0 heterocycles. The van der Waals surface area contributed by atoms with Gasteiger partial charge < -0.3 is 25.8 Å². The topological polar surface area (TPSA) is 134 Å². The fourth-order valence-corrected chi connectivity index (χ4v) is 3.54. The normalized spacial score (nSPS) is 21.0. The minimum atomic E-state index is -1.05. The Hall–Kier alpha value is -2.32. The van der Waals surface area contributed by atoms with Gasteiger partial charge in [-0.25, -0.2) is 4.79 Å². The van der Waals surface area contributed by atoms with E-state index in [4.69, 9.17) is 9.84 Å². The molecule has 0 aromatic heterocycles. The fraction of sp³-hybridized carbons (Fsp3) is 0.818. The zero-order chi connectivity index (χ0) is 23.8. The van der Waals surface area contributed by atoms with E-state index in [-0.39, 0.29) is 29.6 Å². The van der Waals surface area contributed by atoms with Crippen molar-refractivity contribution in [2.75, 3.05) is 6.54 Å². The zero-order valence-electron chi connectivity index (χ0n) is 19.6. The lowest BCUT2D eigenvalue weighted by Crippen LogP contribution is -2.49. The van der Waals surface area contributed by atoms with Crippen molar-refractivity contribution in [2.45, 2.75) is 91.3 Å². The molecule has 4 N–H and O–H groups in total. The van der Waals surface area contributed by atoms with E-state index in [0.717, 1.165) is 12.8 Å². The Morgan fingerprint density at radius 1 is 1.00 bits per heavy atom. The molecule has 0 radical (unpaired) electrons. The molecule has 1 aliphatic rings. The van der Waals surface area contributed by atoms with E-state index in [1.54, 1.807) is 20.8 Å². The van der Waals surface area contributed by atoms with Crippen LogP contribution >= 0.6 is 0 Å². The van der Waals surface area contributed by atoms with E-state index in [1.807, 2.05) is 13.8 Å². The second-order valence-electron chi connectivity index (χ2n) is 9.86. The molecule has 0 aromatic rings. The van der Waals surface area contributed by atoms with Crippen LogP contribution in [0.2, 0.25) is 0 Å². The highest BCUT2D eigenvalue weighted by Crippen LogP contribution is 2.28. The maximum absolute atomic E-state index is 12.7. The highest BCUT2D eigenvalue weighted by molar-refractivity contribution is 5.86. The van der Waals surface area contributed by atoms with Gasteiger partial charge in [0.05, 0.1) is 0 Å². The van der Waals surface area contributed by atoms with Crippen molar-refractivity contribution in [1.82, 2.24) is 16.0 Å². The summed E-state index contributed by atoms with van der Waals surface area (Å²) in [5.41, 5.74) is -0.643. The van der Waals surface area contributed by atoms with Crippen molar-refractivity contribution in [3.8, 4) is 0 Å². The number of rotatable bonds is 9. The molecule has 1 aliphatic carbocycles. The molecule has 0 aromatic carbocycles. The summed E-state index contributed by atoms with van der Waals surface area (Å²) >= 11 is 0. The zero-order valence-corrected chi connectivity index (χ0v) is 19.6. The number of ether oxygens (including phenoxy) is 1. The summed E-state index contributed by atoms with van der Waals surface area (Å²) in [5.74, 6) is -1.26. The summed E-state index contributed by atoms with van der Waals surface area (Å²) in [4.78, 5) is 47.8. The van der Waals surface area contributed by atoms with Crippen molar-refractivity contribution in [2.24, 2.45) is 17.8 Å². The number of carbonyl (C=O) groups excluding carboxylic acids is 3. The van der Waals surface area contributed by atoms with Crippen LogP contribution in [0.4, 0.5) is 4.79 Å². The number of carbonyl (C=O) groups is 4. The number of alkyl carbamates (subject to hydrolysis) is 1. The minimum Gasteiger partial charge on any atom is -0.480 e. The van der Waals surface area contributed by atoms with E-state index in [2.05, 4.69) is 16.0 Å². The first-order valence-electron chi connectivity index (χ1n) is 11.1. The van der Waals surface area contributed by atoms with E-state index >= 15 is 0 Å². The third kappa shape index (κ3) is 10.5. The third-order valence-corrected chi connectivity index (χ3v) is 5.23. The van der Waals surface area contributed by atoms with Crippen molar-refractivity contribution in [1.29, 1.82) is 0 Å². The molecule has 0 unspecified atom stereocenters. The molecule has 9 nitrogen and oxygen atoms in total. The summed E-state index contributed by atoms with van der Waals surface area (Å²) in [5, 5.41) is 17.0. The van der Waals surface area contributed by atoms with Gasteiger partial charge in [0, 0.05) is 12.5 Å². The van der Waals surface area contributed by atoms with Crippen LogP contribution in [0.5, 0.6) is 0 Å². The molecular weight excluding hydrogens is 402 g/mol. The van der Waals surface area contributed by atoms with Crippen molar-refractivity contribution < 1.29 is 29.0 Å². The summed E-state index contributed by atoms with van der Waals surface area (Å²) in [6.45, 7) is 11.2. The van der Waals surface area contributed by atoms with Gasteiger partial charge in [0.25, 0.3) is 0 Å². The third-order valence-electron chi connectivity index (χ3n) is 5.23. The number of carboxylic acids is 1. The van der Waals surface area contributed by atoms with Gasteiger partial charge in [-0.2, -0.15) is 0 Å². The number of nitrogens with one attached hydrogen (secondary N) is 3. The highest BCUT2D eigenvalue weighted by Gasteiger charge is 2.29. The Balaban J connectivity index is 2.49. The first kappa shape index (κ1) is 26.7. The van der Waals surface area contributed by atoms with Crippen LogP contribution in [0, 0.1) is 17.8 Å². The Labute approximate surface area is 185 Å². The number of carboxylic acid groups (broad SMARTS) is 1. The first-order chi connectivity index (χ1) is 14.3. The van der Waals surface area contributed by atoms with Gasteiger partial charge in [-0.3, -0.25) is 14.4 Å². The monoisotopic (exact) mass is 441 g/mol. The molecule has 0 saturated heterocycles. The van der Waals surface area contributed by atoms with Crippen molar-refractivity contribution >= 4 is 23.9 Å². The Kier molecular flexibility index (Phi) is 10.3. The standard InChI is InChI=1S/C22H39N3O6/c1-13(2)11-17(25-21(30)31-22(4,5)6)19(27)23-12-15-7-9-16(10-8-15)18(26)24-14(3)20(28)29/h13-17H,7-12H2,1-6H3,(H,23,27)(H,24,26)(H,25,30)(H,28,29)/t14-,15?,16?,17-/m1/s1. The van der Waals surface area contributed by atoms with Crippen molar-refractivity contribution in [3.05, 3.63) is 0 Å². The molecule has 9 heteroatoms. The average molecular weight is 442 g/mol. The lowest BCUT2D eigenvalue weighted by Gasteiger charge is -2.29. The molecule has 0 bridgehead atoms. The van der Waals surface area contributed by atoms with Gasteiger partial charge in [0.1, 0.15) is 17.7 Å². The molecule has 0 spiro atoms. The SMILES string of the molecule is CC(C)C[C@@H](NC(=O)OC(C)(C)C)C(=O)NCC1CCC(C(=O)N[C@H](C)C(=O)O)CC1. The predicted octanol–water partition coefficient (Wildman–Crippen LogP) is 2.44. The van der Waals surface area contributed by atoms with Gasteiger partial charge >= 0.3 is 12.1 Å². The van der Waals surface area contributed by atoms with Crippen LogP contribution < -0.4 is 16.0 Å². The molecule has 1 fully saturated rings. The van der Waals surface area contributed by atoms with Crippen LogP contribution in [0.15, 0.2) is 0 Å². The first-order valence-corrected chi connectivity index (χ1v) is 11.1. The molecule has 31 heavy (non-hydrogen) atoms. The second kappa shape index (κ2) is 11.9. The largest absolute Gasteiger partial charge is 0.480 e. The maximum Gasteiger partial charge on any atom is 0.408 e. The summed E-state index contributed by atoms with van der Waals surface area (Å²) < 4.78 is 5.27. The molecule has 2 atom stereocenters. The van der Waals surface area contributed by atoms with Gasteiger partial charge in [-0.05, 0) is 71.6 Å². The number of aliphatic carboxylic acids is 1. The van der Waals surface area contributed by atoms with Crippen molar-refractivity contribution in [3.63, 3.8) is 0 Å². The Morgan fingerprint density at radius 2 is 1.58 bits per heavy atom. The number of amides is 3. The van der Waals surface area contributed by atoms with E-state index < -0.39 is 29.7 Å². The van der Waals surface area contributed by atoms with Gasteiger partial charge in [-0.15, -0.1) is 0 Å². The molecular formula is C22H39N3O6. The number of hydrogen-bond donors (Lipinski definition) is 4. The smallest absolute Gasteiger partial charge is 0.408 e. The van der Waals surface area contributed by atoms with Gasteiger partial charge in [-0.1, -0.05) is 13.8 Å². The minimum absolute atomic E-state index is 0.198. The fourth-order valence-electron chi connectivity index (χ4n) is 3.54. The molecule has 178 valence electrons. The Bertz CT molecular complexity index is 636. The summed E-state index contributed by atoms with van der Waals surface area (Å²) in [7, 11) is 0. The summed E-state index contributed by atoms with van der Waals surface area (Å²) in [6, 6.07) is -1.57. The van der Waals surface area contributed by atoms with Crippen LogP contribution in [0.25, 0.3) is 0 Å². The second-order valence-corrected chi connectivity index (χ2v) is 9.86. The van der Waals surface area contributed by atoms with Crippen LogP contribution in [0.3, 0.4) is 0 Å². The van der Waals surface area contributed by atoms with E-state index in [1.165, 1.54) is 6.92 Å².